The van der Waals surface area contributed by atoms with Crippen molar-refractivity contribution in [2.45, 2.75) is 23.1 Å². The minimum Gasteiger partial charge on any atom is -0.505 e. The number of fused-ring (bicyclic) bond motifs is 1. The lowest BCUT2D eigenvalue weighted by atomic mass is 9.96. The van der Waals surface area contributed by atoms with E-state index in [1.54, 1.807) is 53.9 Å². The number of carbonyl (C=O) groups excluding carboxylic acids is 2. The molecule has 1 amide bonds. The van der Waals surface area contributed by atoms with Crippen LogP contribution in [0.25, 0.3) is 11.4 Å². The second-order valence-corrected chi connectivity index (χ2v) is 11.5. The first-order chi connectivity index (χ1) is 19.3. The number of aliphatic hydroxyl groups is 1. The van der Waals surface area contributed by atoms with Gasteiger partial charge in [-0.25, -0.2) is 9.37 Å². The highest BCUT2D eigenvalue weighted by Gasteiger charge is 2.49. The third-order valence-corrected chi connectivity index (χ3v) is 8.83. The molecular weight excluding hydrogens is 573 g/mol. The Morgan fingerprint density at radius 1 is 1.07 bits per heavy atom. The maximum Gasteiger partial charge on any atom is 0.301 e. The number of pyridine rings is 1. The Morgan fingerprint density at radius 2 is 1.82 bits per heavy atom. The quantitative estimate of drug-likeness (QED) is 0.0824. The van der Waals surface area contributed by atoms with Gasteiger partial charge in [-0.05, 0) is 42.8 Å². The monoisotopic (exact) mass is 591 g/mol. The Hall–Kier alpha value is -4.06. The molecule has 1 aliphatic rings. The lowest BCUT2D eigenvalue weighted by Crippen LogP contribution is -2.29. The Balaban J connectivity index is 1.44. The molecule has 1 atom stereocenters. The Bertz CT molecular complexity index is 1820. The summed E-state index contributed by atoms with van der Waals surface area (Å²) in [5.74, 6) is -2.41. The molecule has 1 unspecified atom stereocenters. The molecule has 5 aromatic rings. The average Bonchev–Trinajstić information content (AvgIpc) is 3.62. The molecule has 0 spiro atoms. The van der Waals surface area contributed by atoms with Gasteiger partial charge in [0.2, 0.25) is 5.13 Å². The molecule has 3 aromatic heterocycles. The van der Waals surface area contributed by atoms with Crippen LogP contribution in [-0.4, -0.2) is 36.4 Å². The van der Waals surface area contributed by atoms with Gasteiger partial charge in [0, 0.05) is 22.5 Å². The number of hydrogen-bond donors (Lipinski definition) is 1. The number of anilines is 1. The molecular formula is C28H19ClFN5O3S2. The number of aromatic nitrogens is 4. The molecule has 0 radical (unpaired) electrons. The normalized spacial score (nSPS) is 16.8. The van der Waals surface area contributed by atoms with Gasteiger partial charge in [-0.2, -0.15) is 0 Å². The maximum atomic E-state index is 15.2. The van der Waals surface area contributed by atoms with E-state index in [0.29, 0.717) is 26.5 Å². The number of rotatable bonds is 6. The van der Waals surface area contributed by atoms with Crippen LogP contribution in [0.3, 0.4) is 0 Å². The van der Waals surface area contributed by atoms with E-state index in [1.807, 2.05) is 12.1 Å². The molecule has 4 heterocycles. The lowest BCUT2D eigenvalue weighted by Gasteiger charge is -2.22. The largest absolute Gasteiger partial charge is 0.505 e. The smallest absolute Gasteiger partial charge is 0.301 e. The highest BCUT2D eigenvalue weighted by atomic mass is 35.5. The number of amides is 1. The fourth-order valence-electron chi connectivity index (χ4n) is 4.63. The van der Waals surface area contributed by atoms with E-state index in [9.17, 15) is 14.7 Å². The van der Waals surface area contributed by atoms with Crippen molar-refractivity contribution in [2.24, 2.45) is 0 Å². The first-order valence-electron chi connectivity index (χ1n) is 12.0. The zero-order valence-electron chi connectivity index (χ0n) is 20.8. The van der Waals surface area contributed by atoms with Gasteiger partial charge in [0.1, 0.15) is 23.2 Å². The van der Waals surface area contributed by atoms with Crippen molar-refractivity contribution in [3.63, 3.8) is 0 Å². The Kier molecular flexibility index (Phi) is 6.87. The Labute approximate surface area is 240 Å². The number of imidazole rings is 1. The molecule has 1 fully saturated rings. The second-order valence-electron chi connectivity index (χ2n) is 8.93. The standard InChI is InChI=1S/C28H19ClFN5O3S2/c1-15-22(34-13-5-4-8-20(34)31-15)24(36)21-23(18-6-2-3-7-19(18)30)35(26(38)25(21)37)27-32-33-28(40-27)39-14-16-9-11-17(29)12-10-16/h2-13,23,36H,14H2,1H3/b24-21+. The molecule has 0 aliphatic carbocycles. The summed E-state index contributed by atoms with van der Waals surface area (Å²) in [5, 5.41) is 20.7. The van der Waals surface area contributed by atoms with Crippen molar-refractivity contribution >= 4 is 62.9 Å². The molecule has 1 N–H and O–H groups in total. The van der Waals surface area contributed by atoms with Gasteiger partial charge in [0.15, 0.2) is 10.1 Å². The highest BCUT2D eigenvalue weighted by Crippen LogP contribution is 2.45. The van der Waals surface area contributed by atoms with Gasteiger partial charge in [0.25, 0.3) is 5.78 Å². The number of thioether (sulfide) groups is 1. The van der Waals surface area contributed by atoms with Gasteiger partial charge in [-0.1, -0.05) is 71.1 Å². The van der Waals surface area contributed by atoms with E-state index >= 15 is 4.39 Å². The van der Waals surface area contributed by atoms with Crippen LogP contribution in [0.4, 0.5) is 9.52 Å². The van der Waals surface area contributed by atoms with Crippen molar-refractivity contribution < 1.29 is 19.1 Å². The van der Waals surface area contributed by atoms with Crippen LogP contribution >= 0.6 is 34.7 Å². The lowest BCUT2D eigenvalue weighted by molar-refractivity contribution is -0.132. The summed E-state index contributed by atoms with van der Waals surface area (Å²) in [6, 6.07) is 17.2. The summed E-state index contributed by atoms with van der Waals surface area (Å²) >= 11 is 8.47. The van der Waals surface area contributed by atoms with Crippen LogP contribution in [0.5, 0.6) is 0 Å². The Morgan fingerprint density at radius 3 is 2.60 bits per heavy atom. The maximum absolute atomic E-state index is 15.2. The number of halogens is 2. The van der Waals surface area contributed by atoms with Crippen molar-refractivity contribution in [3.05, 3.63) is 112 Å². The summed E-state index contributed by atoms with van der Waals surface area (Å²) in [5.41, 5.74) is 2.03. The number of nitrogens with zero attached hydrogens (tertiary/aromatic N) is 5. The van der Waals surface area contributed by atoms with E-state index in [-0.39, 0.29) is 22.0 Å². The number of ketones is 1. The van der Waals surface area contributed by atoms with Crippen LogP contribution in [0.15, 0.2) is 82.8 Å². The average molecular weight is 592 g/mol. The van der Waals surface area contributed by atoms with Gasteiger partial charge < -0.3 is 5.11 Å². The van der Waals surface area contributed by atoms with Crippen molar-refractivity contribution in [3.8, 4) is 0 Å². The molecule has 0 bridgehead atoms. The summed E-state index contributed by atoms with van der Waals surface area (Å²) < 4.78 is 17.4. The third-order valence-electron chi connectivity index (χ3n) is 6.45. The van der Waals surface area contributed by atoms with Crippen LogP contribution in [0.1, 0.15) is 28.6 Å². The van der Waals surface area contributed by atoms with Crippen LogP contribution in [0.2, 0.25) is 5.02 Å². The van der Waals surface area contributed by atoms with Crippen LogP contribution in [-0.2, 0) is 15.3 Å². The number of aliphatic hydroxyl groups excluding tert-OH is 1. The van der Waals surface area contributed by atoms with Crippen LogP contribution < -0.4 is 4.90 Å². The molecule has 1 saturated heterocycles. The van der Waals surface area contributed by atoms with Gasteiger partial charge >= 0.3 is 5.91 Å². The van der Waals surface area contributed by atoms with Crippen molar-refractivity contribution in [1.29, 1.82) is 0 Å². The fraction of sp³-hybridized carbons (Fsp3) is 0.107. The number of Topliss-reactive ketones (excluding diaryl/α,β-unsaturated/α-hetero) is 1. The van der Waals surface area contributed by atoms with E-state index in [2.05, 4.69) is 15.2 Å². The summed E-state index contributed by atoms with van der Waals surface area (Å²) in [6.45, 7) is 1.69. The van der Waals surface area contributed by atoms with Gasteiger partial charge in [-0.3, -0.25) is 18.9 Å². The molecule has 2 aromatic carbocycles. The molecule has 12 heteroatoms. The van der Waals surface area contributed by atoms with Crippen LogP contribution in [0, 0.1) is 12.7 Å². The van der Waals surface area contributed by atoms with E-state index in [1.165, 1.54) is 30.0 Å². The molecule has 6 rings (SSSR count). The molecule has 200 valence electrons. The molecule has 40 heavy (non-hydrogen) atoms. The summed E-state index contributed by atoms with van der Waals surface area (Å²) in [6.07, 6.45) is 1.69. The van der Waals surface area contributed by atoms with Gasteiger partial charge in [-0.15, -0.1) is 10.2 Å². The van der Waals surface area contributed by atoms with E-state index in [0.717, 1.165) is 21.8 Å². The van der Waals surface area contributed by atoms with Gasteiger partial charge in [0.05, 0.1) is 11.3 Å². The zero-order chi connectivity index (χ0) is 28.0. The summed E-state index contributed by atoms with van der Waals surface area (Å²) in [4.78, 5) is 32.5. The molecule has 1 aliphatic heterocycles. The first-order valence-corrected chi connectivity index (χ1v) is 14.2. The molecule has 0 saturated carbocycles. The minimum absolute atomic E-state index is 0.0419. The molecule has 8 nitrogen and oxygen atoms in total. The minimum atomic E-state index is -1.27. The number of aryl methyl sites for hydroxylation is 1. The predicted molar refractivity (Wildman–Crippen MR) is 152 cm³/mol. The van der Waals surface area contributed by atoms with Crippen molar-refractivity contribution in [1.82, 2.24) is 19.6 Å². The first kappa shape index (κ1) is 26.2. The predicted octanol–water partition coefficient (Wildman–Crippen LogP) is 6.21. The van der Waals surface area contributed by atoms with E-state index < -0.39 is 29.3 Å². The number of benzene rings is 2. The van der Waals surface area contributed by atoms with E-state index in [4.69, 9.17) is 11.6 Å². The van der Waals surface area contributed by atoms with Crippen molar-refractivity contribution in [2.75, 3.05) is 4.90 Å². The second kappa shape index (κ2) is 10.5. The topological polar surface area (TPSA) is 101 Å². The third kappa shape index (κ3) is 4.55. The SMILES string of the molecule is Cc1nc2ccccn2c1/C(O)=C1\C(=O)C(=O)N(c2nnc(SCc3ccc(Cl)cc3)s2)C1c1ccccc1F. The zero-order valence-corrected chi connectivity index (χ0v) is 23.2. The highest BCUT2D eigenvalue weighted by molar-refractivity contribution is 8.00. The number of hydrogen-bond acceptors (Lipinski definition) is 8. The fourth-order valence-corrected chi connectivity index (χ4v) is 6.58. The summed E-state index contributed by atoms with van der Waals surface area (Å²) in [7, 11) is 0. The number of carbonyl (C=O) groups is 2.